The number of hydrogen-bond acceptors (Lipinski definition) is 3. The van der Waals surface area contributed by atoms with Crippen molar-refractivity contribution < 1.29 is 13.2 Å². The Morgan fingerprint density at radius 3 is 2.16 bits per heavy atom. The average molecular weight is 547 g/mol. The summed E-state index contributed by atoms with van der Waals surface area (Å²) >= 11 is 6.25. The van der Waals surface area contributed by atoms with Crippen LogP contribution in [0.2, 0.25) is 5.02 Å². The van der Waals surface area contributed by atoms with Crippen LogP contribution in [0, 0.1) is 6.92 Å². The first-order valence-electron chi connectivity index (χ1n) is 12.5. The molecule has 1 amide bonds. The van der Waals surface area contributed by atoms with Gasteiger partial charge in [0.25, 0.3) is 15.9 Å². The second kappa shape index (κ2) is 11.8. The van der Waals surface area contributed by atoms with Crippen LogP contribution in [0.3, 0.4) is 0 Å². The van der Waals surface area contributed by atoms with E-state index >= 15 is 0 Å². The summed E-state index contributed by atoms with van der Waals surface area (Å²) in [5.41, 5.74) is 4.81. The lowest BCUT2D eigenvalue weighted by atomic mass is 10.0. The summed E-state index contributed by atoms with van der Waals surface area (Å²) in [6.45, 7) is 5.99. The molecule has 0 aliphatic rings. The lowest BCUT2D eigenvalue weighted by molar-refractivity contribution is 0.0940. The number of benzene rings is 4. The van der Waals surface area contributed by atoms with Gasteiger partial charge < -0.3 is 5.32 Å². The third kappa shape index (κ3) is 6.26. The van der Waals surface area contributed by atoms with Gasteiger partial charge in [-0.3, -0.25) is 9.10 Å². The number of sulfonamides is 1. The maximum atomic E-state index is 13.7. The van der Waals surface area contributed by atoms with Gasteiger partial charge in [0.05, 0.1) is 23.2 Å². The van der Waals surface area contributed by atoms with E-state index in [4.69, 9.17) is 11.6 Å². The van der Waals surface area contributed by atoms with Gasteiger partial charge in [0.2, 0.25) is 0 Å². The molecule has 0 spiro atoms. The van der Waals surface area contributed by atoms with Crippen LogP contribution in [-0.4, -0.2) is 14.3 Å². The number of hydrogen-bond donors (Lipinski definition) is 1. The molecule has 0 radical (unpaired) electrons. The molecule has 0 saturated heterocycles. The van der Waals surface area contributed by atoms with Gasteiger partial charge in [-0.15, -0.1) is 0 Å². The van der Waals surface area contributed by atoms with E-state index < -0.39 is 10.0 Å². The van der Waals surface area contributed by atoms with Crippen molar-refractivity contribution in [1.29, 1.82) is 0 Å². The van der Waals surface area contributed by atoms with Gasteiger partial charge in [0, 0.05) is 10.6 Å². The van der Waals surface area contributed by atoms with Crippen molar-refractivity contribution in [3.05, 3.63) is 130 Å². The predicted molar refractivity (Wildman–Crippen MR) is 154 cm³/mol. The van der Waals surface area contributed by atoms with E-state index in [0.29, 0.717) is 16.3 Å². The molecule has 1 atom stereocenters. The summed E-state index contributed by atoms with van der Waals surface area (Å²) < 4.78 is 28.7. The molecule has 38 heavy (non-hydrogen) atoms. The first-order valence-corrected chi connectivity index (χ1v) is 14.3. The SMILES string of the molecule is CCc1ccc(C(C)NC(=O)c2ccc(CN(c3cc(Cl)ccc3C)S(=O)(=O)c3ccccc3)cc2)cc1. The summed E-state index contributed by atoms with van der Waals surface area (Å²) in [5.74, 6) is -0.192. The fourth-order valence-electron chi connectivity index (χ4n) is 4.20. The Labute approximate surface area is 230 Å². The standard InChI is InChI=1S/C31H31ClN2O3S/c1-4-24-11-15-26(16-12-24)23(3)33-31(35)27-17-13-25(14-18-27)21-34(30-20-28(32)19-10-22(30)2)38(36,37)29-8-6-5-7-9-29/h5-20,23H,4,21H2,1-3H3,(H,33,35). The first kappa shape index (κ1) is 27.4. The van der Waals surface area contributed by atoms with Crippen LogP contribution in [0.15, 0.2) is 102 Å². The normalized spacial score (nSPS) is 12.1. The molecule has 196 valence electrons. The van der Waals surface area contributed by atoms with Crippen molar-refractivity contribution in [1.82, 2.24) is 5.32 Å². The average Bonchev–Trinajstić information content (AvgIpc) is 2.94. The van der Waals surface area contributed by atoms with Gasteiger partial charge >= 0.3 is 0 Å². The molecule has 0 bridgehead atoms. The Bertz CT molecular complexity index is 1500. The Kier molecular flexibility index (Phi) is 8.55. The highest BCUT2D eigenvalue weighted by Crippen LogP contribution is 2.31. The third-order valence-electron chi connectivity index (χ3n) is 6.55. The first-order chi connectivity index (χ1) is 18.2. The van der Waals surface area contributed by atoms with E-state index in [2.05, 4.69) is 24.4 Å². The zero-order chi connectivity index (χ0) is 27.3. The Morgan fingerprint density at radius 1 is 0.895 bits per heavy atom. The number of rotatable bonds is 9. The van der Waals surface area contributed by atoms with Crippen molar-refractivity contribution in [3.63, 3.8) is 0 Å². The summed E-state index contributed by atoms with van der Waals surface area (Å²) in [5, 5.41) is 3.48. The Hall–Kier alpha value is -3.61. The molecule has 4 aromatic rings. The zero-order valence-electron chi connectivity index (χ0n) is 21.7. The monoisotopic (exact) mass is 546 g/mol. The highest BCUT2D eigenvalue weighted by atomic mass is 35.5. The second-order valence-electron chi connectivity index (χ2n) is 9.24. The van der Waals surface area contributed by atoms with Gasteiger partial charge in [-0.05, 0) is 78.9 Å². The number of nitrogens with one attached hydrogen (secondary N) is 1. The smallest absolute Gasteiger partial charge is 0.264 e. The van der Waals surface area contributed by atoms with E-state index in [1.54, 1.807) is 72.8 Å². The van der Waals surface area contributed by atoms with Crippen molar-refractivity contribution >= 4 is 33.2 Å². The van der Waals surface area contributed by atoms with Gasteiger partial charge in [-0.25, -0.2) is 8.42 Å². The molecule has 0 saturated carbocycles. The predicted octanol–water partition coefficient (Wildman–Crippen LogP) is 7.10. The molecule has 0 aromatic heterocycles. The number of nitrogens with zero attached hydrogens (tertiary/aromatic N) is 1. The van der Waals surface area contributed by atoms with Gasteiger partial charge in [0.15, 0.2) is 0 Å². The summed E-state index contributed by atoms with van der Waals surface area (Å²) in [6, 6.07) is 28.6. The van der Waals surface area contributed by atoms with Crippen LogP contribution in [0.25, 0.3) is 0 Å². The van der Waals surface area contributed by atoms with Crippen LogP contribution in [-0.2, 0) is 23.0 Å². The van der Waals surface area contributed by atoms with Crippen molar-refractivity contribution in [2.24, 2.45) is 0 Å². The fraction of sp³-hybridized carbons (Fsp3) is 0.194. The zero-order valence-corrected chi connectivity index (χ0v) is 23.3. The minimum absolute atomic E-state index is 0.0838. The largest absolute Gasteiger partial charge is 0.346 e. The molecule has 0 fully saturated rings. The lowest BCUT2D eigenvalue weighted by Crippen LogP contribution is -2.31. The molecular formula is C31H31ClN2O3S. The van der Waals surface area contributed by atoms with Gasteiger partial charge in [-0.2, -0.15) is 0 Å². The third-order valence-corrected chi connectivity index (χ3v) is 8.56. The molecule has 7 heteroatoms. The van der Waals surface area contributed by atoms with Crippen molar-refractivity contribution in [3.8, 4) is 0 Å². The van der Waals surface area contributed by atoms with Crippen LogP contribution < -0.4 is 9.62 Å². The number of amides is 1. The fourth-order valence-corrected chi connectivity index (χ4v) is 5.90. The molecule has 1 unspecified atom stereocenters. The second-order valence-corrected chi connectivity index (χ2v) is 11.5. The number of carbonyl (C=O) groups is 1. The lowest BCUT2D eigenvalue weighted by Gasteiger charge is -2.26. The van der Waals surface area contributed by atoms with Crippen molar-refractivity contribution in [2.45, 2.75) is 44.7 Å². The summed E-state index contributed by atoms with van der Waals surface area (Å²) in [6.07, 6.45) is 0.967. The highest BCUT2D eigenvalue weighted by molar-refractivity contribution is 7.92. The molecule has 1 N–H and O–H groups in total. The van der Waals surface area contributed by atoms with E-state index in [9.17, 15) is 13.2 Å². The van der Waals surface area contributed by atoms with Crippen LogP contribution in [0.4, 0.5) is 5.69 Å². The Morgan fingerprint density at radius 2 is 1.53 bits per heavy atom. The number of carbonyl (C=O) groups excluding carboxylic acids is 1. The van der Waals surface area contributed by atoms with Gasteiger partial charge in [0.1, 0.15) is 0 Å². The Balaban J connectivity index is 1.56. The quantitative estimate of drug-likeness (QED) is 0.243. The van der Waals surface area contributed by atoms with Crippen LogP contribution in [0.1, 0.15) is 52.5 Å². The molecule has 4 aromatic carbocycles. The summed E-state index contributed by atoms with van der Waals surface area (Å²) in [4.78, 5) is 13.1. The number of anilines is 1. The molecular weight excluding hydrogens is 516 g/mol. The maximum Gasteiger partial charge on any atom is 0.264 e. The minimum Gasteiger partial charge on any atom is -0.346 e. The number of halogens is 1. The van der Waals surface area contributed by atoms with E-state index in [-0.39, 0.29) is 23.4 Å². The molecule has 4 rings (SSSR count). The van der Waals surface area contributed by atoms with Crippen molar-refractivity contribution in [2.75, 3.05) is 4.31 Å². The van der Waals surface area contributed by atoms with Crippen LogP contribution in [0.5, 0.6) is 0 Å². The van der Waals surface area contributed by atoms with E-state index in [0.717, 1.165) is 23.1 Å². The minimum atomic E-state index is -3.87. The highest BCUT2D eigenvalue weighted by Gasteiger charge is 2.26. The maximum absolute atomic E-state index is 13.7. The van der Waals surface area contributed by atoms with Gasteiger partial charge in [-0.1, -0.05) is 79.2 Å². The molecule has 0 aliphatic heterocycles. The molecule has 0 aliphatic carbocycles. The van der Waals surface area contributed by atoms with Crippen LogP contribution >= 0.6 is 11.6 Å². The molecule has 5 nitrogen and oxygen atoms in total. The number of aryl methyl sites for hydroxylation is 2. The van der Waals surface area contributed by atoms with E-state index in [1.165, 1.54) is 9.87 Å². The van der Waals surface area contributed by atoms with E-state index in [1.807, 2.05) is 26.0 Å². The summed E-state index contributed by atoms with van der Waals surface area (Å²) in [7, 11) is -3.87. The molecule has 0 heterocycles. The topological polar surface area (TPSA) is 66.5 Å².